The van der Waals surface area contributed by atoms with E-state index in [1.807, 2.05) is 0 Å². The molecule has 0 bridgehead atoms. The van der Waals surface area contributed by atoms with E-state index in [1.165, 1.54) is 151 Å². The standard InChI is InChI=1S/C56H36/c1-27(2)47-45-25-43-39-19-17-35-31-13-5-9-29-10-6-14-32(49(29)31)36-18-20-40(53(39)51(35)36)44(43)26-46(45)48(28(3)4)56-42-24-22-38-34-16-8-12-30-11-7-15-33(50(30)34)37-21-23-41(55(47)56)54(42)52(37)38/h5-28H,1-4H3. The highest BCUT2D eigenvalue weighted by Crippen LogP contribution is 2.54. The SMILES string of the molecule is CC(C)c1c2cc3c(cc2c(C(C)C)c2c4ccc5c6cccc7cccc(c8ccc(c12)c4c85)c76)c1ccc2c4cccc5cccc(c6ccc3c1c62)c54. The largest absolute Gasteiger partial charge is 0.0610 e. The van der Waals surface area contributed by atoms with Crippen LogP contribution in [0.5, 0.6) is 0 Å². The van der Waals surface area contributed by atoms with Gasteiger partial charge in [0.15, 0.2) is 0 Å². The first-order valence-electron chi connectivity index (χ1n) is 20.4. The van der Waals surface area contributed by atoms with Crippen molar-refractivity contribution in [2.24, 2.45) is 0 Å². The lowest BCUT2D eigenvalue weighted by Crippen LogP contribution is -1.98. The van der Waals surface area contributed by atoms with Gasteiger partial charge in [0.1, 0.15) is 0 Å². The molecular formula is C56H36. The van der Waals surface area contributed by atoms with E-state index in [2.05, 4.69) is 161 Å². The maximum atomic E-state index is 2.60. The third-order valence-corrected chi connectivity index (χ3v) is 14.1. The van der Waals surface area contributed by atoms with Crippen LogP contribution in [-0.4, -0.2) is 0 Å². The molecule has 56 heavy (non-hydrogen) atoms. The van der Waals surface area contributed by atoms with Crippen molar-refractivity contribution in [3.63, 3.8) is 0 Å². The van der Waals surface area contributed by atoms with Gasteiger partial charge in [0.2, 0.25) is 0 Å². The smallest absolute Gasteiger partial charge is 0.00137 e. The molecule has 0 heteroatoms. The second-order valence-corrected chi connectivity index (χ2v) is 17.4. The molecule has 0 saturated heterocycles. The van der Waals surface area contributed by atoms with E-state index < -0.39 is 0 Å². The molecule has 0 heterocycles. The summed E-state index contributed by atoms with van der Waals surface area (Å²) < 4.78 is 0. The molecule has 0 saturated carbocycles. The zero-order chi connectivity index (χ0) is 36.9. The highest BCUT2D eigenvalue weighted by Gasteiger charge is 2.28. The molecule has 14 rings (SSSR count). The maximum absolute atomic E-state index is 2.60. The summed E-state index contributed by atoms with van der Waals surface area (Å²) in [4.78, 5) is 0. The average Bonchev–Trinajstić information content (AvgIpc) is 3.72. The average molecular weight is 709 g/mol. The molecule has 0 spiro atoms. The van der Waals surface area contributed by atoms with Crippen LogP contribution in [0.4, 0.5) is 0 Å². The summed E-state index contributed by atoms with van der Waals surface area (Å²) in [6, 6.07) is 52.0. The molecule has 0 atom stereocenters. The third kappa shape index (κ3) is 3.26. The number of hydrogen-bond donors (Lipinski definition) is 0. The number of benzene rings is 12. The van der Waals surface area contributed by atoms with Crippen LogP contribution < -0.4 is 0 Å². The van der Waals surface area contributed by atoms with E-state index in [0.717, 1.165) is 0 Å². The fourth-order valence-electron chi connectivity index (χ4n) is 12.1. The zero-order valence-corrected chi connectivity index (χ0v) is 31.9. The molecule has 260 valence electrons. The molecule has 0 aliphatic carbocycles. The number of rotatable bonds is 2. The minimum atomic E-state index is 0.344. The summed E-state index contributed by atoms with van der Waals surface area (Å²) in [6.45, 7) is 9.65. The Morgan fingerprint density at radius 3 is 0.821 bits per heavy atom. The molecule has 0 fully saturated rings. The van der Waals surface area contributed by atoms with Crippen LogP contribution in [-0.2, 0) is 0 Å². The molecule has 0 unspecified atom stereocenters. The molecule has 0 aliphatic rings. The molecule has 0 amide bonds. The van der Waals surface area contributed by atoms with Gasteiger partial charge in [-0.15, -0.1) is 0 Å². The van der Waals surface area contributed by atoms with Crippen molar-refractivity contribution in [3.8, 4) is 0 Å². The molecule has 0 nitrogen and oxygen atoms in total. The molecule has 14 aromatic rings. The van der Waals surface area contributed by atoms with E-state index in [-0.39, 0.29) is 0 Å². The van der Waals surface area contributed by atoms with Crippen molar-refractivity contribution in [2.75, 3.05) is 0 Å². The summed E-state index contributed by atoms with van der Waals surface area (Å²) in [5.74, 6) is 0.688. The van der Waals surface area contributed by atoms with Crippen molar-refractivity contribution >= 4 is 140 Å². The summed E-state index contributed by atoms with van der Waals surface area (Å²) in [6.07, 6.45) is 0. The van der Waals surface area contributed by atoms with E-state index in [1.54, 1.807) is 0 Å². The Balaban J connectivity index is 1.19. The molecule has 0 radical (unpaired) electrons. The van der Waals surface area contributed by atoms with Gasteiger partial charge in [0.05, 0.1) is 0 Å². The first-order valence-corrected chi connectivity index (χ1v) is 20.4. The Morgan fingerprint density at radius 2 is 0.500 bits per heavy atom. The lowest BCUT2D eigenvalue weighted by Gasteiger charge is -2.20. The first-order chi connectivity index (χ1) is 27.5. The Hall–Kier alpha value is -6.50. The monoisotopic (exact) mass is 708 g/mol. The second-order valence-electron chi connectivity index (χ2n) is 17.4. The Labute approximate surface area is 322 Å². The van der Waals surface area contributed by atoms with Crippen molar-refractivity contribution in [1.82, 2.24) is 0 Å². The maximum Gasteiger partial charge on any atom is -0.00137 e. The quantitative estimate of drug-likeness (QED) is 0.124. The normalized spacial score (nSPS) is 13.3. The second kappa shape index (κ2) is 9.83. The Kier molecular flexibility index (Phi) is 5.23. The van der Waals surface area contributed by atoms with Crippen molar-refractivity contribution in [3.05, 3.63) is 145 Å². The Morgan fingerprint density at radius 1 is 0.232 bits per heavy atom. The predicted octanol–water partition coefficient (Wildman–Crippen LogP) is 16.7. The van der Waals surface area contributed by atoms with Crippen molar-refractivity contribution in [1.29, 1.82) is 0 Å². The van der Waals surface area contributed by atoms with E-state index in [4.69, 9.17) is 0 Å². The van der Waals surface area contributed by atoms with Crippen molar-refractivity contribution in [2.45, 2.75) is 39.5 Å². The first kappa shape index (κ1) is 29.8. The van der Waals surface area contributed by atoms with E-state index in [0.29, 0.717) is 11.8 Å². The third-order valence-electron chi connectivity index (χ3n) is 14.1. The topological polar surface area (TPSA) is 0 Å². The van der Waals surface area contributed by atoms with Gasteiger partial charge in [-0.05, 0) is 175 Å². The summed E-state index contributed by atoms with van der Waals surface area (Å²) in [5, 5.41) is 36.1. The van der Waals surface area contributed by atoms with E-state index in [9.17, 15) is 0 Å². The minimum absolute atomic E-state index is 0.344. The van der Waals surface area contributed by atoms with Crippen molar-refractivity contribution < 1.29 is 0 Å². The number of fused-ring (bicyclic) bond motifs is 11. The summed E-state index contributed by atoms with van der Waals surface area (Å²) >= 11 is 0. The van der Waals surface area contributed by atoms with Gasteiger partial charge >= 0.3 is 0 Å². The van der Waals surface area contributed by atoms with Crippen LogP contribution in [0.1, 0.15) is 50.7 Å². The lowest BCUT2D eigenvalue weighted by molar-refractivity contribution is 0.875. The van der Waals surface area contributed by atoms with Gasteiger partial charge in [0.25, 0.3) is 0 Å². The fourth-order valence-corrected chi connectivity index (χ4v) is 12.1. The lowest BCUT2D eigenvalue weighted by atomic mass is 9.83. The highest BCUT2D eigenvalue weighted by molar-refractivity contribution is 6.45. The summed E-state index contributed by atoms with van der Waals surface area (Å²) in [7, 11) is 0. The minimum Gasteiger partial charge on any atom is -0.0610 e. The zero-order valence-electron chi connectivity index (χ0n) is 31.9. The predicted molar refractivity (Wildman–Crippen MR) is 247 cm³/mol. The fraction of sp³-hybridized carbons (Fsp3) is 0.107. The van der Waals surface area contributed by atoms with Crippen LogP contribution in [0.15, 0.2) is 133 Å². The van der Waals surface area contributed by atoms with Gasteiger partial charge in [-0.3, -0.25) is 0 Å². The molecule has 0 aliphatic heterocycles. The van der Waals surface area contributed by atoms with Gasteiger partial charge in [-0.25, -0.2) is 0 Å². The number of hydrogen-bond acceptors (Lipinski definition) is 0. The van der Waals surface area contributed by atoms with Crippen LogP contribution in [0.25, 0.3) is 140 Å². The van der Waals surface area contributed by atoms with Gasteiger partial charge in [-0.2, -0.15) is 0 Å². The highest BCUT2D eigenvalue weighted by atomic mass is 14.3. The van der Waals surface area contributed by atoms with Crippen LogP contribution >= 0.6 is 0 Å². The Bertz CT molecular complexity index is 3780. The summed E-state index contributed by atoms with van der Waals surface area (Å²) in [5.41, 5.74) is 2.97. The molecular weight excluding hydrogens is 673 g/mol. The van der Waals surface area contributed by atoms with Gasteiger partial charge in [0, 0.05) is 0 Å². The van der Waals surface area contributed by atoms with Crippen LogP contribution in [0, 0.1) is 0 Å². The molecule has 0 aromatic heterocycles. The van der Waals surface area contributed by atoms with Gasteiger partial charge in [-0.1, -0.05) is 149 Å². The van der Waals surface area contributed by atoms with Crippen LogP contribution in [0.2, 0.25) is 0 Å². The van der Waals surface area contributed by atoms with Crippen LogP contribution in [0.3, 0.4) is 0 Å². The molecule has 0 N–H and O–H groups in total. The van der Waals surface area contributed by atoms with E-state index >= 15 is 0 Å². The molecule has 14 aromatic carbocycles. The van der Waals surface area contributed by atoms with Gasteiger partial charge < -0.3 is 0 Å².